The molecular weight excluding hydrogens is 246 g/mol. The highest BCUT2D eigenvalue weighted by atomic mass is 14.9. The van der Waals surface area contributed by atoms with E-state index in [1.165, 1.54) is 22.3 Å². The standard InChI is InChI=1S/C17H23N3/c1-5-14(10-18)17-19-7-6-15(20-17)16-12(3)8-11(2)9-13(16)4/h6-9,14H,5,10,18H2,1-4H3. The number of aromatic nitrogens is 2. The molecule has 3 heteroatoms. The maximum atomic E-state index is 5.80. The summed E-state index contributed by atoms with van der Waals surface area (Å²) in [5.41, 5.74) is 11.8. The fourth-order valence-electron chi connectivity index (χ4n) is 2.75. The molecule has 0 saturated carbocycles. The van der Waals surface area contributed by atoms with Gasteiger partial charge in [0.05, 0.1) is 5.69 Å². The number of hydrogen-bond donors (Lipinski definition) is 1. The van der Waals surface area contributed by atoms with Crippen molar-refractivity contribution in [2.45, 2.75) is 40.0 Å². The second kappa shape index (κ2) is 6.14. The predicted octanol–water partition coefficient (Wildman–Crippen LogP) is 3.52. The third kappa shape index (κ3) is 2.88. The van der Waals surface area contributed by atoms with Crippen molar-refractivity contribution in [1.29, 1.82) is 0 Å². The van der Waals surface area contributed by atoms with E-state index in [9.17, 15) is 0 Å². The highest BCUT2D eigenvalue weighted by Gasteiger charge is 2.13. The largest absolute Gasteiger partial charge is 0.330 e. The molecule has 106 valence electrons. The summed E-state index contributed by atoms with van der Waals surface area (Å²) in [6.45, 7) is 9.10. The van der Waals surface area contributed by atoms with Crippen LogP contribution in [-0.2, 0) is 0 Å². The van der Waals surface area contributed by atoms with Gasteiger partial charge >= 0.3 is 0 Å². The fraction of sp³-hybridized carbons (Fsp3) is 0.412. The van der Waals surface area contributed by atoms with Crippen molar-refractivity contribution >= 4 is 0 Å². The molecule has 0 amide bonds. The van der Waals surface area contributed by atoms with Crippen LogP contribution in [0.2, 0.25) is 0 Å². The summed E-state index contributed by atoms with van der Waals surface area (Å²) in [7, 11) is 0. The zero-order valence-corrected chi connectivity index (χ0v) is 12.8. The Morgan fingerprint density at radius 3 is 2.35 bits per heavy atom. The molecule has 0 fully saturated rings. The average Bonchev–Trinajstić information content (AvgIpc) is 2.39. The van der Waals surface area contributed by atoms with Crippen molar-refractivity contribution in [1.82, 2.24) is 9.97 Å². The number of aryl methyl sites for hydroxylation is 3. The van der Waals surface area contributed by atoms with E-state index < -0.39 is 0 Å². The zero-order chi connectivity index (χ0) is 14.7. The molecule has 0 spiro atoms. The van der Waals surface area contributed by atoms with Gasteiger partial charge in [-0.25, -0.2) is 9.97 Å². The minimum absolute atomic E-state index is 0.237. The molecular formula is C17H23N3. The van der Waals surface area contributed by atoms with Crippen LogP contribution < -0.4 is 5.73 Å². The highest BCUT2D eigenvalue weighted by Crippen LogP contribution is 2.27. The Kier molecular flexibility index (Phi) is 4.50. The minimum atomic E-state index is 0.237. The third-order valence-electron chi connectivity index (χ3n) is 3.75. The summed E-state index contributed by atoms with van der Waals surface area (Å²) in [6, 6.07) is 6.38. The number of nitrogens with zero attached hydrogens (tertiary/aromatic N) is 2. The summed E-state index contributed by atoms with van der Waals surface area (Å²) >= 11 is 0. The number of hydrogen-bond acceptors (Lipinski definition) is 3. The fourth-order valence-corrected chi connectivity index (χ4v) is 2.75. The van der Waals surface area contributed by atoms with E-state index in [2.05, 4.69) is 44.8 Å². The second-order valence-corrected chi connectivity index (χ2v) is 5.41. The number of nitrogens with two attached hydrogens (primary N) is 1. The van der Waals surface area contributed by atoms with Crippen molar-refractivity contribution in [3.05, 3.63) is 46.9 Å². The van der Waals surface area contributed by atoms with E-state index in [-0.39, 0.29) is 5.92 Å². The van der Waals surface area contributed by atoms with E-state index in [0.717, 1.165) is 17.9 Å². The van der Waals surface area contributed by atoms with Gasteiger partial charge in [-0.1, -0.05) is 24.6 Å². The molecule has 1 unspecified atom stereocenters. The molecule has 3 nitrogen and oxygen atoms in total. The van der Waals surface area contributed by atoms with E-state index in [4.69, 9.17) is 10.7 Å². The summed E-state index contributed by atoms with van der Waals surface area (Å²) in [6.07, 6.45) is 2.81. The molecule has 0 aliphatic carbocycles. The molecule has 0 aliphatic heterocycles. The lowest BCUT2D eigenvalue weighted by molar-refractivity contribution is 0.631. The van der Waals surface area contributed by atoms with Gasteiger partial charge in [0, 0.05) is 24.2 Å². The average molecular weight is 269 g/mol. The minimum Gasteiger partial charge on any atom is -0.330 e. The van der Waals surface area contributed by atoms with E-state index in [1.54, 1.807) is 0 Å². The van der Waals surface area contributed by atoms with Crippen LogP contribution in [0.1, 0.15) is 41.8 Å². The van der Waals surface area contributed by atoms with E-state index in [1.807, 2.05) is 12.3 Å². The molecule has 1 atom stereocenters. The lowest BCUT2D eigenvalue weighted by Crippen LogP contribution is -2.14. The Morgan fingerprint density at radius 1 is 1.15 bits per heavy atom. The molecule has 0 bridgehead atoms. The van der Waals surface area contributed by atoms with Crippen LogP contribution >= 0.6 is 0 Å². The molecule has 2 aromatic rings. The Morgan fingerprint density at radius 2 is 1.80 bits per heavy atom. The van der Waals surface area contributed by atoms with Gasteiger partial charge in [-0.15, -0.1) is 0 Å². The van der Waals surface area contributed by atoms with E-state index >= 15 is 0 Å². The van der Waals surface area contributed by atoms with Crippen molar-refractivity contribution in [3.8, 4) is 11.3 Å². The summed E-state index contributed by atoms with van der Waals surface area (Å²) in [5.74, 6) is 1.09. The zero-order valence-electron chi connectivity index (χ0n) is 12.8. The van der Waals surface area contributed by atoms with Crippen LogP contribution in [0.15, 0.2) is 24.4 Å². The number of rotatable bonds is 4. The van der Waals surface area contributed by atoms with Crippen molar-refractivity contribution in [2.24, 2.45) is 5.73 Å². The molecule has 0 radical (unpaired) electrons. The molecule has 1 heterocycles. The van der Waals surface area contributed by atoms with Gasteiger partial charge in [0.2, 0.25) is 0 Å². The highest BCUT2D eigenvalue weighted by molar-refractivity contribution is 5.67. The molecule has 1 aromatic heterocycles. The molecule has 20 heavy (non-hydrogen) atoms. The van der Waals surface area contributed by atoms with Gasteiger partial charge in [-0.05, 0) is 44.4 Å². The lowest BCUT2D eigenvalue weighted by atomic mass is 9.97. The van der Waals surface area contributed by atoms with Gasteiger partial charge < -0.3 is 5.73 Å². The van der Waals surface area contributed by atoms with Gasteiger partial charge in [-0.3, -0.25) is 0 Å². The Hall–Kier alpha value is -1.74. The monoisotopic (exact) mass is 269 g/mol. The normalized spacial score (nSPS) is 12.4. The predicted molar refractivity (Wildman–Crippen MR) is 83.8 cm³/mol. The molecule has 2 rings (SSSR count). The summed E-state index contributed by atoms with van der Waals surface area (Å²) in [4.78, 5) is 9.14. The summed E-state index contributed by atoms with van der Waals surface area (Å²) in [5, 5.41) is 0. The third-order valence-corrected chi connectivity index (χ3v) is 3.75. The first-order valence-electron chi connectivity index (χ1n) is 7.18. The van der Waals surface area contributed by atoms with Crippen LogP contribution in [0.3, 0.4) is 0 Å². The van der Waals surface area contributed by atoms with Crippen molar-refractivity contribution in [3.63, 3.8) is 0 Å². The maximum absolute atomic E-state index is 5.80. The van der Waals surface area contributed by atoms with Gasteiger partial charge in [0.25, 0.3) is 0 Å². The molecule has 0 saturated heterocycles. The molecule has 1 aromatic carbocycles. The second-order valence-electron chi connectivity index (χ2n) is 5.41. The van der Waals surface area contributed by atoms with Gasteiger partial charge in [0.15, 0.2) is 0 Å². The molecule has 2 N–H and O–H groups in total. The Bertz CT molecular complexity index is 578. The topological polar surface area (TPSA) is 51.8 Å². The quantitative estimate of drug-likeness (QED) is 0.924. The van der Waals surface area contributed by atoms with Crippen LogP contribution in [0.4, 0.5) is 0 Å². The summed E-state index contributed by atoms with van der Waals surface area (Å²) < 4.78 is 0. The molecule has 0 aliphatic rings. The van der Waals surface area contributed by atoms with Gasteiger partial charge in [-0.2, -0.15) is 0 Å². The van der Waals surface area contributed by atoms with E-state index in [0.29, 0.717) is 6.54 Å². The van der Waals surface area contributed by atoms with Crippen LogP contribution in [0.5, 0.6) is 0 Å². The SMILES string of the molecule is CCC(CN)c1nccc(-c2c(C)cc(C)cc2C)n1. The van der Waals surface area contributed by atoms with Crippen LogP contribution in [-0.4, -0.2) is 16.5 Å². The Labute approximate surface area is 121 Å². The van der Waals surface area contributed by atoms with Crippen LogP contribution in [0, 0.1) is 20.8 Å². The lowest BCUT2D eigenvalue weighted by Gasteiger charge is -2.14. The van der Waals surface area contributed by atoms with Gasteiger partial charge in [0.1, 0.15) is 5.82 Å². The Balaban J connectivity index is 2.51. The first kappa shape index (κ1) is 14.7. The number of benzene rings is 1. The first-order valence-corrected chi connectivity index (χ1v) is 7.18. The van der Waals surface area contributed by atoms with Crippen molar-refractivity contribution < 1.29 is 0 Å². The first-order chi connectivity index (χ1) is 9.56. The smallest absolute Gasteiger partial charge is 0.133 e. The van der Waals surface area contributed by atoms with Crippen molar-refractivity contribution in [2.75, 3.05) is 6.54 Å². The van der Waals surface area contributed by atoms with Crippen LogP contribution in [0.25, 0.3) is 11.3 Å². The maximum Gasteiger partial charge on any atom is 0.133 e.